The number of carbonyl (C=O) groups is 1. The molecule has 0 fully saturated rings. The first kappa shape index (κ1) is 23.2. The number of fused-ring (bicyclic) bond motifs is 1. The summed E-state index contributed by atoms with van der Waals surface area (Å²) in [6, 6.07) is 25.6. The standard InChI is InChI=1S/C29H26N2O5/c1-3-34-28-24(31(2)29(33)30-27(28)20-12-8-5-9-13-20)18-35-21-14-15-22-23(19-10-6-4-7-11-19)17-26(32)36-25(22)16-21/h4-17,27H,3,18H2,1-2H3,(H,30,33)/t27-/m1/s1. The third kappa shape index (κ3) is 4.55. The first-order valence-corrected chi connectivity index (χ1v) is 11.8. The number of carbonyl (C=O) groups excluding carboxylic acids is 1. The molecule has 0 unspecified atom stereocenters. The average Bonchev–Trinajstić information content (AvgIpc) is 2.90. The van der Waals surface area contributed by atoms with Crippen molar-refractivity contribution < 1.29 is 18.7 Å². The maximum Gasteiger partial charge on any atom is 0.336 e. The lowest BCUT2D eigenvalue weighted by Crippen LogP contribution is -2.46. The van der Waals surface area contributed by atoms with Gasteiger partial charge in [0, 0.05) is 24.6 Å². The van der Waals surface area contributed by atoms with Crippen LogP contribution in [0.3, 0.4) is 0 Å². The molecule has 0 saturated heterocycles. The number of hydrogen-bond donors (Lipinski definition) is 1. The summed E-state index contributed by atoms with van der Waals surface area (Å²) in [6.07, 6.45) is 0. The van der Waals surface area contributed by atoms with Crippen LogP contribution in [0.25, 0.3) is 22.1 Å². The molecule has 3 aromatic carbocycles. The summed E-state index contributed by atoms with van der Waals surface area (Å²) in [6.45, 7) is 2.44. The van der Waals surface area contributed by atoms with Gasteiger partial charge in [-0.1, -0.05) is 60.7 Å². The molecule has 2 amide bonds. The molecule has 7 nitrogen and oxygen atoms in total. The molecular weight excluding hydrogens is 456 g/mol. The van der Waals surface area contributed by atoms with Crippen molar-refractivity contribution in [3.05, 3.63) is 112 Å². The lowest BCUT2D eigenvalue weighted by molar-refractivity contribution is 0.149. The minimum atomic E-state index is -0.436. The van der Waals surface area contributed by atoms with Gasteiger partial charge in [-0.3, -0.25) is 4.90 Å². The van der Waals surface area contributed by atoms with Gasteiger partial charge in [0.15, 0.2) is 0 Å². The zero-order valence-corrected chi connectivity index (χ0v) is 20.1. The predicted octanol–water partition coefficient (Wildman–Crippen LogP) is 5.48. The van der Waals surface area contributed by atoms with Crippen molar-refractivity contribution in [1.82, 2.24) is 10.2 Å². The van der Waals surface area contributed by atoms with Crippen LogP contribution in [-0.4, -0.2) is 31.2 Å². The third-order valence-corrected chi connectivity index (χ3v) is 6.13. The molecule has 182 valence electrons. The number of ether oxygens (including phenoxy) is 2. The van der Waals surface area contributed by atoms with E-state index in [4.69, 9.17) is 13.9 Å². The van der Waals surface area contributed by atoms with Crippen LogP contribution >= 0.6 is 0 Å². The van der Waals surface area contributed by atoms with Gasteiger partial charge in [-0.2, -0.15) is 0 Å². The van der Waals surface area contributed by atoms with Crippen molar-refractivity contribution in [3.8, 4) is 16.9 Å². The minimum Gasteiger partial charge on any atom is -0.494 e. The summed E-state index contributed by atoms with van der Waals surface area (Å²) in [5, 5.41) is 3.80. The fraction of sp³-hybridized carbons (Fsp3) is 0.172. The Kier molecular flexibility index (Phi) is 6.45. The number of nitrogens with zero attached hydrogens (tertiary/aromatic N) is 1. The van der Waals surface area contributed by atoms with Crippen molar-refractivity contribution >= 4 is 17.0 Å². The van der Waals surface area contributed by atoms with Gasteiger partial charge in [-0.05, 0) is 35.7 Å². The molecular formula is C29H26N2O5. The van der Waals surface area contributed by atoms with E-state index in [-0.39, 0.29) is 12.6 Å². The van der Waals surface area contributed by atoms with E-state index >= 15 is 0 Å². The van der Waals surface area contributed by atoms with E-state index in [2.05, 4.69) is 5.32 Å². The summed E-state index contributed by atoms with van der Waals surface area (Å²) < 4.78 is 17.6. The fourth-order valence-corrected chi connectivity index (χ4v) is 4.35. The summed E-state index contributed by atoms with van der Waals surface area (Å²) in [5.41, 5.74) is 3.25. The van der Waals surface area contributed by atoms with Gasteiger partial charge < -0.3 is 19.2 Å². The Morgan fingerprint density at radius 3 is 2.36 bits per heavy atom. The van der Waals surface area contributed by atoms with Crippen LogP contribution in [-0.2, 0) is 4.74 Å². The second kappa shape index (κ2) is 10.00. The SMILES string of the molecule is CCOC1=C(COc2ccc3c(-c4ccccc4)cc(=O)oc3c2)N(C)C(=O)N[C@@H]1c1ccccc1. The van der Waals surface area contributed by atoms with Crippen molar-refractivity contribution in [2.75, 3.05) is 20.3 Å². The first-order valence-electron chi connectivity index (χ1n) is 11.8. The van der Waals surface area contributed by atoms with Crippen LogP contribution in [0.4, 0.5) is 4.79 Å². The summed E-state index contributed by atoms with van der Waals surface area (Å²) >= 11 is 0. The van der Waals surface area contributed by atoms with Gasteiger partial charge in [0.25, 0.3) is 0 Å². The quantitative estimate of drug-likeness (QED) is 0.353. The number of benzene rings is 3. The minimum absolute atomic E-state index is 0.0940. The molecule has 1 aromatic heterocycles. The van der Waals surface area contributed by atoms with Gasteiger partial charge in [-0.15, -0.1) is 0 Å². The lowest BCUT2D eigenvalue weighted by Gasteiger charge is -2.34. The summed E-state index contributed by atoms with van der Waals surface area (Å²) in [4.78, 5) is 26.5. The van der Waals surface area contributed by atoms with Crippen molar-refractivity contribution in [1.29, 1.82) is 0 Å². The second-order valence-corrected chi connectivity index (χ2v) is 8.39. The number of amides is 2. The Balaban J connectivity index is 1.48. The summed E-state index contributed by atoms with van der Waals surface area (Å²) in [5.74, 6) is 1.14. The maximum atomic E-state index is 12.8. The van der Waals surface area contributed by atoms with Gasteiger partial charge in [-0.25, -0.2) is 9.59 Å². The molecule has 7 heteroatoms. The van der Waals surface area contributed by atoms with Gasteiger partial charge >= 0.3 is 11.7 Å². The molecule has 1 N–H and O–H groups in total. The van der Waals surface area contributed by atoms with Crippen LogP contribution in [0, 0.1) is 0 Å². The third-order valence-electron chi connectivity index (χ3n) is 6.13. The molecule has 5 rings (SSSR count). The van der Waals surface area contributed by atoms with E-state index in [1.165, 1.54) is 11.0 Å². The van der Waals surface area contributed by atoms with Crippen LogP contribution in [0.15, 0.2) is 106 Å². The van der Waals surface area contributed by atoms with Crippen LogP contribution < -0.4 is 15.7 Å². The van der Waals surface area contributed by atoms with Crippen molar-refractivity contribution in [2.24, 2.45) is 0 Å². The van der Waals surface area contributed by atoms with Gasteiger partial charge in [0.2, 0.25) is 0 Å². The first-order chi connectivity index (χ1) is 17.5. The van der Waals surface area contributed by atoms with Crippen molar-refractivity contribution in [3.63, 3.8) is 0 Å². The lowest BCUT2D eigenvalue weighted by atomic mass is 10.0. The highest BCUT2D eigenvalue weighted by molar-refractivity contribution is 5.93. The Hall–Kier alpha value is -4.52. The van der Waals surface area contributed by atoms with Crippen LogP contribution in [0.1, 0.15) is 18.5 Å². The van der Waals surface area contributed by atoms with E-state index in [9.17, 15) is 9.59 Å². The molecule has 0 saturated carbocycles. The average molecular weight is 483 g/mol. The van der Waals surface area contributed by atoms with Crippen LogP contribution in [0.5, 0.6) is 5.75 Å². The number of hydrogen-bond acceptors (Lipinski definition) is 5. The highest BCUT2D eigenvalue weighted by atomic mass is 16.5. The number of urea groups is 1. The Bertz CT molecular complexity index is 1480. The van der Waals surface area contributed by atoms with E-state index in [1.807, 2.05) is 79.7 Å². The molecule has 0 radical (unpaired) electrons. The Morgan fingerprint density at radius 1 is 0.917 bits per heavy atom. The van der Waals surface area contributed by atoms with E-state index < -0.39 is 11.7 Å². The highest BCUT2D eigenvalue weighted by Gasteiger charge is 2.33. The molecule has 4 aromatic rings. The Labute approximate surface area is 208 Å². The topological polar surface area (TPSA) is 81.0 Å². The summed E-state index contributed by atoms with van der Waals surface area (Å²) in [7, 11) is 1.68. The molecule has 0 bridgehead atoms. The highest BCUT2D eigenvalue weighted by Crippen LogP contribution is 2.32. The molecule has 2 heterocycles. The fourth-order valence-electron chi connectivity index (χ4n) is 4.35. The largest absolute Gasteiger partial charge is 0.494 e. The Morgan fingerprint density at radius 2 is 1.64 bits per heavy atom. The number of likely N-dealkylation sites (N-methyl/N-ethyl adjacent to an activating group) is 1. The molecule has 36 heavy (non-hydrogen) atoms. The smallest absolute Gasteiger partial charge is 0.336 e. The van der Waals surface area contributed by atoms with Gasteiger partial charge in [0.05, 0.1) is 6.61 Å². The molecule has 0 aliphatic carbocycles. The molecule has 1 aliphatic rings. The van der Waals surface area contributed by atoms with Crippen molar-refractivity contribution in [2.45, 2.75) is 13.0 Å². The normalized spacial score (nSPS) is 15.7. The van der Waals surface area contributed by atoms with E-state index in [0.717, 1.165) is 22.1 Å². The van der Waals surface area contributed by atoms with E-state index in [1.54, 1.807) is 13.1 Å². The number of rotatable bonds is 7. The predicted molar refractivity (Wildman–Crippen MR) is 138 cm³/mol. The second-order valence-electron chi connectivity index (χ2n) is 8.39. The number of nitrogens with one attached hydrogen (secondary N) is 1. The molecule has 1 atom stereocenters. The monoisotopic (exact) mass is 482 g/mol. The zero-order valence-electron chi connectivity index (χ0n) is 20.1. The zero-order chi connectivity index (χ0) is 25.1. The van der Waals surface area contributed by atoms with Gasteiger partial charge in [0.1, 0.15) is 35.4 Å². The van der Waals surface area contributed by atoms with Crippen LogP contribution in [0.2, 0.25) is 0 Å². The maximum absolute atomic E-state index is 12.8. The molecule has 1 aliphatic heterocycles. The van der Waals surface area contributed by atoms with E-state index in [0.29, 0.717) is 29.4 Å². The molecule has 0 spiro atoms.